The van der Waals surface area contributed by atoms with Crippen LogP contribution in [0.15, 0.2) is 60.7 Å². The van der Waals surface area contributed by atoms with Gasteiger partial charge in [-0.15, -0.1) is 0 Å². The molecule has 0 saturated carbocycles. The van der Waals surface area contributed by atoms with E-state index in [0.29, 0.717) is 6.42 Å². The van der Waals surface area contributed by atoms with Crippen LogP contribution in [-0.2, 0) is 27.5 Å². The normalized spacial score (nSPS) is 10.8. The van der Waals surface area contributed by atoms with E-state index in [1.165, 1.54) is 0 Å². The standard InChI is InChI=1S/C20H23NO4.C2H6.H2/c1-2-9-18(19(22)24-14-16-10-5-3-6-11-16)21-20(23)25-15-17-12-7-4-8-13-17;1-2;/h3-8,10-13,18H,2,9,14-15H2,1H3,(H,21,23);1-2H3;1H/t18-;;/m0../s1. The second-order valence-corrected chi connectivity index (χ2v) is 5.64. The van der Waals surface area contributed by atoms with Crippen molar-refractivity contribution in [2.24, 2.45) is 0 Å². The Morgan fingerprint density at radius 3 is 1.85 bits per heavy atom. The molecule has 27 heavy (non-hydrogen) atoms. The lowest BCUT2D eigenvalue weighted by Gasteiger charge is -2.17. The van der Waals surface area contributed by atoms with Crippen LogP contribution in [0.4, 0.5) is 4.79 Å². The molecule has 5 heteroatoms. The lowest BCUT2D eigenvalue weighted by atomic mass is 10.1. The van der Waals surface area contributed by atoms with Gasteiger partial charge in [0.05, 0.1) is 0 Å². The summed E-state index contributed by atoms with van der Waals surface area (Å²) in [5.74, 6) is -0.456. The number of rotatable bonds is 8. The van der Waals surface area contributed by atoms with Crippen molar-refractivity contribution in [2.45, 2.75) is 52.9 Å². The molecule has 0 spiro atoms. The predicted octanol–water partition coefficient (Wildman–Crippen LogP) is 5.10. The van der Waals surface area contributed by atoms with Crippen molar-refractivity contribution in [3.05, 3.63) is 71.8 Å². The number of carbonyl (C=O) groups is 2. The second kappa shape index (κ2) is 13.4. The SMILES string of the molecule is CC.CCC[C@H](NC(=O)OCc1ccccc1)C(=O)OCc1ccccc1.[HH]. The van der Waals surface area contributed by atoms with Gasteiger partial charge in [-0.2, -0.15) is 0 Å². The van der Waals surface area contributed by atoms with E-state index in [1.807, 2.05) is 81.4 Å². The molecule has 0 aliphatic rings. The first kappa shape index (κ1) is 22.2. The Balaban J connectivity index is 0.00000235. The molecule has 1 N–H and O–H groups in total. The monoisotopic (exact) mass is 373 g/mol. The minimum Gasteiger partial charge on any atom is -0.459 e. The van der Waals surface area contributed by atoms with Gasteiger partial charge in [0.15, 0.2) is 0 Å². The summed E-state index contributed by atoms with van der Waals surface area (Å²) in [6.45, 7) is 6.28. The van der Waals surface area contributed by atoms with Crippen LogP contribution in [0.5, 0.6) is 0 Å². The van der Waals surface area contributed by atoms with Gasteiger partial charge in [-0.25, -0.2) is 9.59 Å². The van der Waals surface area contributed by atoms with Crippen LogP contribution in [0, 0.1) is 0 Å². The molecule has 0 aliphatic heterocycles. The van der Waals surface area contributed by atoms with Gasteiger partial charge in [-0.3, -0.25) is 0 Å². The molecule has 5 nitrogen and oxygen atoms in total. The van der Waals surface area contributed by atoms with E-state index in [9.17, 15) is 9.59 Å². The molecule has 2 aromatic carbocycles. The highest BCUT2D eigenvalue weighted by atomic mass is 16.6. The first-order valence-electron chi connectivity index (χ1n) is 9.37. The summed E-state index contributed by atoms with van der Waals surface area (Å²) < 4.78 is 10.5. The number of hydrogen-bond donors (Lipinski definition) is 1. The fourth-order valence-electron chi connectivity index (χ4n) is 2.27. The first-order valence-corrected chi connectivity index (χ1v) is 9.37. The Bertz CT molecular complexity index is 665. The van der Waals surface area contributed by atoms with E-state index in [2.05, 4.69) is 5.32 Å². The smallest absolute Gasteiger partial charge is 0.408 e. The summed E-state index contributed by atoms with van der Waals surface area (Å²) >= 11 is 0. The van der Waals surface area contributed by atoms with E-state index in [0.717, 1.165) is 17.5 Å². The average Bonchev–Trinajstić information content (AvgIpc) is 2.73. The van der Waals surface area contributed by atoms with Gasteiger partial charge in [0.25, 0.3) is 0 Å². The molecule has 1 atom stereocenters. The van der Waals surface area contributed by atoms with Crippen molar-refractivity contribution in [3.8, 4) is 0 Å². The summed E-state index contributed by atoms with van der Waals surface area (Å²) in [6, 6.07) is 18.1. The summed E-state index contributed by atoms with van der Waals surface area (Å²) in [4.78, 5) is 24.2. The summed E-state index contributed by atoms with van der Waals surface area (Å²) in [5.41, 5.74) is 1.79. The number of carbonyl (C=O) groups excluding carboxylic acids is 2. The number of nitrogens with one attached hydrogen (secondary N) is 1. The quantitative estimate of drug-likeness (QED) is 0.654. The zero-order valence-corrected chi connectivity index (χ0v) is 16.3. The van der Waals surface area contributed by atoms with Crippen LogP contribution < -0.4 is 5.32 Å². The lowest BCUT2D eigenvalue weighted by molar-refractivity contribution is -0.147. The largest absolute Gasteiger partial charge is 0.459 e. The summed E-state index contributed by atoms with van der Waals surface area (Å²) in [6.07, 6.45) is 0.608. The van der Waals surface area contributed by atoms with Crippen molar-refractivity contribution in [3.63, 3.8) is 0 Å². The van der Waals surface area contributed by atoms with E-state index >= 15 is 0 Å². The molecule has 0 saturated heterocycles. The molecule has 148 valence electrons. The number of benzene rings is 2. The van der Waals surface area contributed by atoms with Gasteiger partial charge in [0, 0.05) is 1.43 Å². The Labute approximate surface area is 163 Å². The van der Waals surface area contributed by atoms with Crippen molar-refractivity contribution in [1.29, 1.82) is 0 Å². The fourth-order valence-corrected chi connectivity index (χ4v) is 2.27. The van der Waals surface area contributed by atoms with E-state index < -0.39 is 18.1 Å². The third-order valence-corrected chi connectivity index (χ3v) is 3.59. The van der Waals surface area contributed by atoms with Crippen LogP contribution in [0.2, 0.25) is 0 Å². The van der Waals surface area contributed by atoms with Crippen molar-refractivity contribution in [1.82, 2.24) is 5.32 Å². The molecule has 1 amide bonds. The molecule has 2 rings (SSSR count). The van der Waals surface area contributed by atoms with Gasteiger partial charge in [0.2, 0.25) is 0 Å². The zero-order chi connectivity index (χ0) is 19.9. The minimum absolute atomic E-state index is 0. The average molecular weight is 373 g/mol. The number of hydrogen-bond acceptors (Lipinski definition) is 4. The minimum atomic E-state index is -0.711. The Hall–Kier alpha value is -2.82. The fraction of sp³-hybridized carbons (Fsp3) is 0.364. The number of amides is 1. The summed E-state index contributed by atoms with van der Waals surface area (Å²) in [5, 5.41) is 2.59. The molecule has 2 aromatic rings. The third kappa shape index (κ3) is 8.90. The zero-order valence-electron chi connectivity index (χ0n) is 16.3. The van der Waals surface area contributed by atoms with Crippen LogP contribution >= 0.6 is 0 Å². The van der Waals surface area contributed by atoms with Crippen LogP contribution in [0.3, 0.4) is 0 Å². The maximum Gasteiger partial charge on any atom is 0.408 e. The van der Waals surface area contributed by atoms with Crippen LogP contribution in [0.25, 0.3) is 0 Å². The molecular formula is C22H31NO4. The van der Waals surface area contributed by atoms with E-state index in [-0.39, 0.29) is 14.6 Å². The molecule has 0 heterocycles. The topological polar surface area (TPSA) is 64.6 Å². The Morgan fingerprint density at radius 2 is 1.37 bits per heavy atom. The molecule has 0 fully saturated rings. The van der Waals surface area contributed by atoms with Gasteiger partial charge in [-0.05, 0) is 17.5 Å². The predicted molar refractivity (Wildman–Crippen MR) is 108 cm³/mol. The van der Waals surface area contributed by atoms with Crippen LogP contribution in [0.1, 0.15) is 46.2 Å². The molecular weight excluding hydrogens is 342 g/mol. The first-order chi connectivity index (χ1) is 13.2. The highest BCUT2D eigenvalue weighted by Crippen LogP contribution is 2.06. The molecule has 0 radical (unpaired) electrons. The highest BCUT2D eigenvalue weighted by molar-refractivity contribution is 5.81. The molecule has 0 aromatic heterocycles. The Kier molecular flexibility index (Phi) is 11.0. The maximum atomic E-state index is 12.2. The molecule has 0 unspecified atom stereocenters. The Morgan fingerprint density at radius 1 is 0.889 bits per heavy atom. The van der Waals surface area contributed by atoms with Crippen molar-refractivity contribution >= 4 is 12.1 Å². The van der Waals surface area contributed by atoms with Gasteiger partial charge < -0.3 is 14.8 Å². The van der Waals surface area contributed by atoms with Gasteiger partial charge in [0.1, 0.15) is 19.3 Å². The second-order valence-electron chi connectivity index (χ2n) is 5.64. The number of alkyl carbamates (subject to hydrolysis) is 1. The third-order valence-electron chi connectivity index (χ3n) is 3.59. The maximum absolute atomic E-state index is 12.2. The van der Waals surface area contributed by atoms with E-state index in [1.54, 1.807) is 0 Å². The van der Waals surface area contributed by atoms with Crippen molar-refractivity contribution in [2.75, 3.05) is 0 Å². The summed E-state index contributed by atoms with van der Waals surface area (Å²) in [7, 11) is 0. The van der Waals surface area contributed by atoms with Crippen molar-refractivity contribution < 1.29 is 20.5 Å². The van der Waals surface area contributed by atoms with Crippen LogP contribution in [-0.4, -0.2) is 18.1 Å². The van der Waals surface area contributed by atoms with Gasteiger partial charge >= 0.3 is 12.1 Å². The van der Waals surface area contributed by atoms with E-state index in [4.69, 9.17) is 9.47 Å². The number of ether oxygens (including phenoxy) is 2. The molecule has 0 aliphatic carbocycles. The molecule has 0 bridgehead atoms. The highest BCUT2D eigenvalue weighted by Gasteiger charge is 2.22. The number of esters is 1. The van der Waals surface area contributed by atoms with Gasteiger partial charge in [-0.1, -0.05) is 87.9 Å². The lowest BCUT2D eigenvalue weighted by Crippen LogP contribution is -2.41.